The van der Waals surface area contributed by atoms with Crippen molar-refractivity contribution in [3.05, 3.63) is 77.7 Å². The van der Waals surface area contributed by atoms with Gasteiger partial charge in [-0.25, -0.2) is 15.0 Å². The predicted molar refractivity (Wildman–Crippen MR) is 125 cm³/mol. The fraction of sp³-hybridized carbons (Fsp3) is 0.360. The lowest BCUT2D eigenvalue weighted by molar-refractivity contribution is -0.137. The molecule has 0 radical (unpaired) electrons. The van der Waals surface area contributed by atoms with E-state index in [1.54, 1.807) is 0 Å². The molecule has 0 bridgehead atoms. The smallest absolute Gasteiger partial charge is 0.234 e. The summed E-state index contributed by atoms with van der Waals surface area (Å²) in [5.41, 5.74) is 2.52. The molecule has 32 heavy (non-hydrogen) atoms. The summed E-state index contributed by atoms with van der Waals surface area (Å²) >= 11 is 0. The van der Waals surface area contributed by atoms with E-state index >= 15 is 0 Å². The topological polar surface area (TPSA) is 74.2 Å². The van der Waals surface area contributed by atoms with Crippen molar-refractivity contribution in [3.8, 4) is 0 Å². The molecule has 1 unspecified atom stereocenters. The van der Waals surface area contributed by atoms with Gasteiger partial charge in [0.25, 0.3) is 0 Å². The third-order valence-corrected chi connectivity index (χ3v) is 6.59. The van der Waals surface area contributed by atoms with Crippen LogP contribution in [0.25, 0.3) is 0 Å². The van der Waals surface area contributed by atoms with Gasteiger partial charge in [0.2, 0.25) is 11.9 Å². The summed E-state index contributed by atoms with van der Waals surface area (Å²) in [4.78, 5) is 31.6. The fourth-order valence-corrected chi connectivity index (χ4v) is 4.67. The van der Waals surface area contributed by atoms with Gasteiger partial charge < -0.3 is 15.1 Å². The number of aromatic nitrogens is 3. The number of piperazine rings is 1. The zero-order chi connectivity index (χ0) is 22.0. The quantitative estimate of drug-likeness (QED) is 0.673. The summed E-state index contributed by atoms with van der Waals surface area (Å²) in [5.74, 6) is 1.72. The number of anilines is 2. The number of aryl methyl sites for hydroxylation is 1. The molecule has 1 aliphatic carbocycles. The van der Waals surface area contributed by atoms with E-state index in [0.29, 0.717) is 25.6 Å². The van der Waals surface area contributed by atoms with Crippen molar-refractivity contribution in [1.82, 2.24) is 19.9 Å². The number of rotatable bonds is 5. The number of carbonyl (C=O) groups is 1. The van der Waals surface area contributed by atoms with E-state index in [1.807, 2.05) is 60.6 Å². The highest BCUT2D eigenvalue weighted by atomic mass is 16.2. The summed E-state index contributed by atoms with van der Waals surface area (Å²) < 4.78 is 0. The number of fused-ring (bicyclic) bond motifs is 1. The van der Waals surface area contributed by atoms with Crippen LogP contribution in [0.15, 0.2) is 60.9 Å². The van der Waals surface area contributed by atoms with Crippen LogP contribution >= 0.6 is 0 Å². The molecular formula is C25H28N6O. The van der Waals surface area contributed by atoms with Crippen molar-refractivity contribution < 1.29 is 4.79 Å². The Morgan fingerprint density at radius 2 is 1.81 bits per heavy atom. The molecule has 7 nitrogen and oxygen atoms in total. The average molecular weight is 429 g/mol. The molecule has 1 amide bonds. The molecular weight excluding hydrogens is 400 g/mol. The maximum absolute atomic E-state index is 13.6. The zero-order valence-electron chi connectivity index (χ0n) is 18.4. The van der Waals surface area contributed by atoms with E-state index in [2.05, 4.69) is 32.3 Å². The minimum atomic E-state index is -0.603. The normalized spacial score (nSPS) is 20.2. The van der Waals surface area contributed by atoms with Crippen LogP contribution in [0.4, 0.5) is 11.8 Å². The first kappa shape index (κ1) is 20.4. The van der Waals surface area contributed by atoms with Crippen molar-refractivity contribution in [1.29, 1.82) is 0 Å². The van der Waals surface area contributed by atoms with Gasteiger partial charge in [0, 0.05) is 45.1 Å². The average Bonchev–Trinajstić information content (AvgIpc) is 3.20. The molecule has 2 aromatic heterocycles. The predicted octanol–water partition coefficient (Wildman–Crippen LogP) is 3.04. The second-order valence-electron chi connectivity index (χ2n) is 8.71. The summed E-state index contributed by atoms with van der Waals surface area (Å²) in [6.45, 7) is 5.67. The Hall–Kier alpha value is -3.48. The number of benzene rings is 1. The number of hydrogen-bond donors (Lipinski definition) is 1. The first-order valence-electron chi connectivity index (χ1n) is 11.2. The number of carbonyl (C=O) groups excluding carboxylic acids is 1. The molecule has 2 aliphatic rings. The van der Waals surface area contributed by atoms with Gasteiger partial charge in [-0.05, 0) is 43.0 Å². The number of pyridine rings is 1. The molecule has 0 spiro atoms. The lowest BCUT2D eigenvalue weighted by atomic mass is 9.85. The van der Waals surface area contributed by atoms with E-state index in [4.69, 9.17) is 4.98 Å². The maximum Gasteiger partial charge on any atom is 0.234 e. The molecule has 5 rings (SSSR count). The van der Waals surface area contributed by atoms with E-state index in [9.17, 15) is 4.79 Å². The first-order valence-corrected chi connectivity index (χ1v) is 11.2. The minimum absolute atomic E-state index is 0.171. The second kappa shape index (κ2) is 8.57. The number of hydrogen-bond acceptors (Lipinski definition) is 6. The molecule has 1 fully saturated rings. The van der Waals surface area contributed by atoms with Crippen molar-refractivity contribution in [2.75, 3.05) is 36.4 Å². The van der Waals surface area contributed by atoms with Gasteiger partial charge in [0.05, 0.1) is 11.1 Å². The van der Waals surface area contributed by atoms with Crippen molar-refractivity contribution in [3.63, 3.8) is 0 Å². The highest BCUT2D eigenvalue weighted by Crippen LogP contribution is 2.39. The summed E-state index contributed by atoms with van der Waals surface area (Å²) in [5, 5.41) is 3.31. The van der Waals surface area contributed by atoms with Gasteiger partial charge >= 0.3 is 0 Å². The molecule has 1 atom stereocenters. The van der Waals surface area contributed by atoms with E-state index in [0.717, 1.165) is 43.0 Å². The standard InChI is InChI=1S/C25H28N6O/c1-25(23(32)31-15-13-30(14-16-31)21-9-5-6-12-26-21)11-10-20-18-28-24(29-22(20)25)27-17-19-7-3-2-4-8-19/h2-9,12,18H,10-11,13-17H2,1H3,(H,27,28,29). The number of amides is 1. The fourth-order valence-electron chi connectivity index (χ4n) is 4.67. The monoisotopic (exact) mass is 428 g/mol. The van der Waals surface area contributed by atoms with Gasteiger partial charge in [-0.3, -0.25) is 4.79 Å². The van der Waals surface area contributed by atoms with Crippen LogP contribution in [0.2, 0.25) is 0 Å². The third-order valence-electron chi connectivity index (χ3n) is 6.59. The van der Waals surface area contributed by atoms with E-state index in [1.165, 1.54) is 5.56 Å². The Labute approximate surface area is 188 Å². The lowest BCUT2D eigenvalue weighted by Gasteiger charge is -2.39. The molecule has 7 heteroatoms. The largest absolute Gasteiger partial charge is 0.353 e. The van der Waals surface area contributed by atoms with Gasteiger partial charge in [0.15, 0.2) is 0 Å². The SMILES string of the molecule is CC1(C(=O)N2CCN(c3ccccn3)CC2)CCc2cnc(NCc3ccccc3)nc21. The van der Waals surface area contributed by atoms with Crippen molar-refractivity contribution in [2.45, 2.75) is 31.7 Å². The Kier molecular flexibility index (Phi) is 5.47. The molecule has 1 aromatic carbocycles. The molecule has 3 aromatic rings. The zero-order valence-corrected chi connectivity index (χ0v) is 18.4. The molecule has 3 heterocycles. The van der Waals surface area contributed by atoms with Crippen LogP contribution in [-0.4, -0.2) is 51.9 Å². The summed E-state index contributed by atoms with van der Waals surface area (Å²) in [6, 6.07) is 16.1. The highest BCUT2D eigenvalue weighted by Gasteiger charge is 2.45. The van der Waals surface area contributed by atoms with Gasteiger partial charge in [-0.2, -0.15) is 0 Å². The van der Waals surface area contributed by atoms with Crippen LogP contribution in [-0.2, 0) is 23.2 Å². The molecule has 164 valence electrons. The Morgan fingerprint density at radius 3 is 2.56 bits per heavy atom. The van der Waals surface area contributed by atoms with E-state index in [-0.39, 0.29) is 5.91 Å². The number of nitrogens with zero attached hydrogens (tertiary/aromatic N) is 5. The highest BCUT2D eigenvalue weighted by molar-refractivity contribution is 5.89. The van der Waals surface area contributed by atoms with Crippen molar-refractivity contribution in [2.24, 2.45) is 0 Å². The maximum atomic E-state index is 13.6. The molecule has 0 saturated carbocycles. The van der Waals surface area contributed by atoms with Crippen LogP contribution < -0.4 is 10.2 Å². The molecule has 1 N–H and O–H groups in total. The number of nitrogens with one attached hydrogen (secondary N) is 1. The minimum Gasteiger partial charge on any atom is -0.353 e. The first-order chi connectivity index (χ1) is 15.6. The Morgan fingerprint density at radius 1 is 1.03 bits per heavy atom. The van der Waals surface area contributed by atoms with Crippen molar-refractivity contribution >= 4 is 17.7 Å². The van der Waals surface area contributed by atoms with Crippen LogP contribution in [0, 0.1) is 0 Å². The third kappa shape index (κ3) is 3.90. The van der Waals surface area contributed by atoms with Crippen LogP contribution in [0.3, 0.4) is 0 Å². The van der Waals surface area contributed by atoms with Gasteiger partial charge in [-0.15, -0.1) is 0 Å². The van der Waals surface area contributed by atoms with Crippen LogP contribution in [0.1, 0.15) is 30.2 Å². The Balaban J connectivity index is 1.28. The van der Waals surface area contributed by atoms with Crippen LogP contribution in [0.5, 0.6) is 0 Å². The van der Waals surface area contributed by atoms with E-state index < -0.39 is 5.41 Å². The molecule has 1 saturated heterocycles. The Bertz CT molecular complexity index is 1080. The summed E-state index contributed by atoms with van der Waals surface area (Å²) in [6.07, 6.45) is 5.31. The lowest BCUT2D eigenvalue weighted by Crippen LogP contribution is -2.53. The summed E-state index contributed by atoms with van der Waals surface area (Å²) in [7, 11) is 0. The molecule has 1 aliphatic heterocycles. The van der Waals surface area contributed by atoms with Gasteiger partial charge in [-0.1, -0.05) is 36.4 Å². The van der Waals surface area contributed by atoms with Gasteiger partial charge in [0.1, 0.15) is 5.82 Å². The second-order valence-corrected chi connectivity index (χ2v) is 8.71.